The van der Waals surface area contributed by atoms with Gasteiger partial charge in [-0.1, -0.05) is 38.0 Å². The maximum Gasteiger partial charge on any atom is 0.192 e. The Labute approximate surface area is 207 Å². The molecule has 0 bridgehead atoms. The minimum atomic E-state index is -0.291. The first-order valence-electron chi connectivity index (χ1n) is 11.3. The van der Waals surface area contributed by atoms with Gasteiger partial charge < -0.3 is 25.0 Å². The number of para-hydroxylation sites is 1. The average Bonchev–Trinajstić information content (AvgIpc) is 3.10. The number of fused-ring (bicyclic) bond motifs is 1. The Kier molecular flexibility index (Phi) is 8.37. The molecule has 9 heteroatoms. The van der Waals surface area contributed by atoms with Crippen molar-refractivity contribution in [2.45, 2.75) is 64.6 Å². The predicted molar refractivity (Wildman–Crippen MR) is 135 cm³/mol. The van der Waals surface area contributed by atoms with Crippen LogP contribution in [0.15, 0.2) is 29.3 Å². The van der Waals surface area contributed by atoms with Crippen LogP contribution in [0.4, 0.5) is 0 Å². The number of benzene rings is 1. The number of aliphatic hydroxyl groups excluding tert-OH is 1. The monoisotopic (exact) mass is 554 g/mol. The molecule has 1 saturated carbocycles. The number of nitrogens with one attached hydrogen (secondary N) is 2. The topological polar surface area (TPSA) is 96.6 Å². The average molecular weight is 554 g/mol. The summed E-state index contributed by atoms with van der Waals surface area (Å²) in [6, 6.07) is 8.25. The lowest BCUT2D eigenvalue weighted by molar-refractivity contribution is 0.00393. The summed E-state index contributed by atoms with van der Waals surface area (Å²) >= 11 is 0. The number of aliphatic hydroxyl groups is 1. The molecule has 1 fully saturated rings. The number of nitrogens with zero attached hydrogens (tertiary/aromatic N) is 4. The number of hydrogen-bond donors (Lipinski definition) is 3. The number of aliphatic imine (C=N–C) groups is 1. The second-order valence-corrected chi connectivity index (χ2v) is 9.03. The molecule has 1 aromatic heterocycles. The van der Waals surface area contributed by atoms with Gasteiger partial charge in [0.15, 0.2) is 11.8 Å². The largest absolute Gasteiger partial charge is 0.493 e. The van der Waals surface area contributed by atoms with E-state index in [1.807, 2.05) is 36.7 Å². The Morgan fingerprint density at radius 1 is 1.28 bits per heavy atom. The van der Waals surface area contributed by atoms with Crippen molar-refractivity contribution in [1.82, 2.24) is 25.4 Å². The molecule has 3 N–H and O–H groups in total. The van der Waals surface area contributed by atoms with Crippen LogP contribution in [0.1, 0.15) is 62.3 Å². The Morgan fingerprint density at radius 3 is 2.84 bits per heavy atom. The molecule has 0 amide bonds. The van der Waals surface area contributed by atoms with Crippen molar-refractivity contribution in [3.63, 3.8) is 0 Å². The summed E-state index contributed by atoms with van der Waals surface area (Å²) in [6.07, 6.45) is 4.70. The fraction of sp³-hybridized carbons (Fsp3) is 0.609. The van der Waals surface area contributed by atoms with Crippen molar-refractivity contribution in [2.75, 3.05) is 13.2 Å². The first kappa shape index (κ1) is 24.8. The highest BCUT2D eigenvalue weighted by Gasteiger charge is 2.35. The predicted octanol–water partition coefficient (Wildman–Crippen LogP) is 3.24. The fourth-order valence-corrected chi connectivity index (χ4v) is 4.42. The van der Waals surface area contributed by atoms with Crippen LogP contribution in [0.2, 0.25) is 0 Å². The van der Waals surface area contributed by atoms with E-state index in [4.69, 9.17) is 9.73 Å². The van der Waals surface area contributed by atoms with Gasteiger partial charge >= 0.3 is 0 Å². The van der Waals surface area contributed by atoms with Gasteiger partial charge in [0, 0.05) is 31.0 Å². The van der Waals surface area contributed by atoms with Crippen LogP contribution in [-0.2, 0) is 13.6 Å². The molecule has 0 spiro atoms. The highest BCUT2D eigenvalue weighted by molar-refractivity contribution is 14.0. The third-order valence-electron chi connectivity index (χ3n) is 6.77. The summed E-state index contributed by atoms with van der Waals surface area (Å²) in [6.45, 7) is 5.86. The first-order valence-corrected chi connectivity index (χ1v) is 11.3. The standard InChI is InChI=1S/C23H34N6O2.HI/c1-16-27-28-21(29(16)3)14-24-22(25-15-23(2)12-7-6-10-20(23)30)26-18-11-13-31-19-9-5-4-8-17(18)19;/h4-5,8-9,18,20,30H,6-7,10-15H2,1-3H3,(H2,24,25,26);1H. The molecule has 0 saturated heterocycles. The summed E-state index contributed by atoms with van der Waals surface area (Å²) in [5.74, 6) is 3.32. The summed E-state index contributed by atoms with van der Waals surface area (Å²) in [4.78, 5) is 4.82. The number of halogens is 1. The Balaban J connectivity index is 0.00000289. The van der Waals surface area contributed by atoms with Gasteiger partial charge in [0.05, 0.1) is 18.8 Å². The van der Waals surface area contributed by atoms with Gasteiger partial charge in [0.25, 0.3) is 0 Å². The molecular weight excluding hydrogens is 519 g/mol. The lowest BCUT2D eigenvalue weighted by Gasteiger charge is -2.39. The minimum absolute atomic E-state index is 0. The van der Waals surface area contributed by atoms with Crippen LogP contribution in [0.25, 0.3) is 0 Å². The highest BCUT2D eigenvalue weighted by atomic mass is 127. The van der Waals surface area contributed by atoms with Crippen molar-refractivity contribution in [2.24, 2.45) is 17.5 Å². The second-order valence-electron chi connectivity index (χ2n) is 9.03. The van der Waals surface area contributed by atoms with E-state index in [0.29, 0.717) is 19.7 Å². The summed E-state index contributed by atoms with van der Waals surface area (Å²) in [7, 11) is 1.95. The van der Waals surface area contributed by atoms with E-state index in [-0.39, 0.29) is 41.5 Å². The van der Waals surface area contributed by atoms with Crippen LogP contribution in [0.5, 0.6) is 5.75 Å². The van der Waals surface area contributed by atoms with Gasteiger partial charge in [-0.2, -0.15) is 0 Å². The summed E-state index contributed by atoms with van der Waals surface area (Å²) in [5.41, 5.74) is 0.983. The normalized spacial score (nSPS) is 25.3. The van der Waals surface area contributed by atoms with Gasteiger partial charge in [0.2, 0.25) is 0 Å². The van der Waals surface area contributed by atoms with Crippen LogP contribution in [0, 0.1) is 12.3 Å². The van der Waals surface area contributed by atoms with E-state index in [0.717, 1.165) is 61.0 Å². The van der Waals surface area contributed by atoms with Crippen molar-refractivity contribution < 1.29 is 9.84 Å². The number of hydrogen-bond acceptors (Lipinski definition) is 5. The van der Waals surface area contributed by atoms with E-state index in [2.05, 4.69) is 33.8 Å². The van der Waals surface area contributed by atoms with Crippen LogP contribution < -0.4 is 15.4 Å². The smallest absolute Gasteiger partial charge is 0.192 e. The van der Waals surface area contributed by atoms with Crippen LogP contribution in [-0.4, -0.2) is 45.1 Å². The molecule has 0 radical (unpaired) electrons. The van der Waals surface area contributed by atoms with Gasteiger partial charge in [-0.15, -0.1) is 34.2 Å². The lowest BCUT2D eigenvalue weighted by Crippen LogP contribution is -2.49. The fourth-order valence-electron chi connectivity index (χ4n) is 4.42. The second kappa shape index (κ2) is 10.8. The van der Waals surface area contributed by atoms with Gasteiger partial charge in [-0.25, -0.2) is 4.99 Å². The molecule has 1 aromatic carbocycles. The maximum absolute atomic E-state index is 10.6. The molecule has 8 nitrogen and oxygen atoms in total. The van der Waals surface area contributed by atoms with Crippen LogP contribution >= 0.6 is 24.0 Å². The molecule has 2 aliphatic rings. The SMILES string of the molecule is Cc1nnc(CN=C(NCC2(C)CCCCC2O)NC2CCOc3ccccc32)n1C.I. The zero-order chi connectivity index (χ0) is 21.8. The van der Waals surface area contributed by atoms with Gasteiger partial charge in [0.1, 0.15) is 18.1 Å². The van der Waals surface area contributed by atoms with E-state index in [9.17, 15) is 5.11 Å². The molecular formula is C23H35IN6O2. The molecule has 4 rings (SSSR count). The minimum Gasteiger partial charge on any atom is -0.493 e. The third kappa shape index (κ3) is 5.54. The highest BCUT2D eigenvalue weighted by Crippen LogP contribution is 2.35. The molecule has 32 heavy (non-hydrogen) atoms. The van der Waals surface area contributed by atoms with E-state index >= 15 is 0 Å². The van der Waals surface area contributed by atoms with Crippen molar-refractivity contribution >= 4 is 29.9 Å². The Morgan fingerprint density at radius 2 is 2.09 bits per heavy atom. The number of aryl methyl sites for hydroxylation is 1. The molecule has 3 atom stereocenters. The molecule has 1 aliphatic heterocycles. The third-order valence-corrected chi connectivity index (χ3v) is 6.77. The zero-order valence-electron chi connectivity index (χ0n) is 19.2. The Bertz CT molecular complexity index is 933. The number of aromatic nitrogens is 3. The van der Waals surface area contributed by atoms with E-state index < -0.39 is 0 Å². The Hall–Kier alpha value is -1.88. The summed E-state index contributed by atoms with van der Waals surface area (Å²) in [5, 5.41) is 26.1. The molecule has 3 unspecified atom stereocenters. The van der Waals surface area contributed by atoms with E-state index in [1.54, 1.807) is 0 Å². The number of ether oxygens (including phenoxy) is 1. The maximum atomic E-state index is 10.6. The lowest BCUT2D eigenvalue weighted by atomic mass is 9.73. The molecule has 1 aliphatic carbocycles. The first-order chi connectivity index (χ1) is 15.0. The molecule has 2 heterocycles. The number of guanidine groups is 1. The van der Waals surface area contributed by atoms with Crippen molar-refractivity contribution in [3.8, 4) is 5.75 Å². The quantitative estimate of drug-likeness (QED) is 0.299. The van der Waals surface area contributed by atoms with E-state index in [1.165, 1.54) is 0 Å². The van der Waals surface area contributed by atoms with Crippen molar-refractivity contribution in [3.05, 3.63) is 41.5 Å². The molecule has 2 aromatic rings. The number of rotatable bonds is 5. The van der Waals surface area contributed by atoms with Gasteiger partial charge in [-0.05, 0) is 25.8 Å². The molecule has 176 valence electrons. The van der Waals surface area contributed by atoms with Gasteiger partial charge in [-0.3, -0.25) is 0 Å². The summed E-state index contributed by atoms with van der Waals surface area (Å²) < 4.78 is 7.77. The zero-order valence-corrected chi connectivity index (χ0v) is 21.5. The van der Waals surface area contributed by atoms with Crippen molar-refractivity contribution in [1.29, 1.82) is 0 Å². The van der Waals surface area contributed by atoms with Crippen LogP contribution in [0.3, 0.4) is 0 Å².